The molecule has 1 unspecified atom stereocenters. The van der Waals surface area contributed by atoms with Gasteiger partial charge in [0.05, 0.1) is 0 Å². The van der Waals surface area contributed by atoms with E-state index in [0.29, 0.717) is 13.0 Å². The van der Waals surface area contributed by atoms with Crippen LogP contribution in [0.3, 0.4) is 0 Å². The van der Waals surface area contributed by atoms with Crippen LogP contribution >= 0.6 is 0 Å². The van der Waals surface area contributed by atoms with E-state index in [0.717, 1.165) is 12.5 Å². The van der Waals surface area contributed by atoms with E-state index in [2.05, 4.69) is 10.6 Å². The summed E-state index contributed by atoms with van der Waals surface area (Å²) in [6, 6.07) is 0.147. The number of aliphatic carboxylic acids is 1. The first-order valence-electron chi connectivity index (χ1n) is 4.10. The van der Waals surface area contributed by atoms with Gasteiger partial charge in [-0.1, -0.05) is 0 Å². The van der Waals surface area contributed by atoms with Gasteiger partial charge in [-0.15, -0.1) is 0 Å². The van der Waals surface area contributed by atoms with Gasteiger partial charge in [-0.3, -0.25) is 4.79 Å². The number of carboxylic acids is 1. The number of carbonyl (C=O) groups is 2. The molecule has 1 heterocycles. The first-order valence-corrected chi connectivity index (χ1v) is 4.10. The molecule has 1 rings (SSSR count). The Morgan fingerprint density at radius 1 is 1.69 bits per heavy atom. The molecule has 1 amide bonds. The second kappa shape index (κ2) is 4.49. The molecule has 0 saturated carbocycles. The van der Waals surface area contributed by atoms with Gasteiger partial charge in [0.2, 0.25) is 5.91 Å². The molecular formula is C8H12N2O3. The van der Waals surface area contributed by atoms with Crippen molar-refractivity contribution in [2.45, 2.75) is 18.9 Å². The molecule has 5 heteroatoms. The molecule has 1 saturated heterocycles. The smallest absolute Gasteiger partial charge is 0.329 e. The lowest BCUT2D eigenvalue weighted by atomic mass is 10.1. The van der Waals surface area contributed by atoms with Crippen LogP contribution in [0.4, 0.5) is 0 Å². The third-order valence-electron chi connectivity index (χ3n) is 1.82. The van der Waals surface area contributed by atoms with Crippen LogP contribution in [0.2, 0.25) is 0 Å². The van der Waals surface area contributed by atoms with Crippen LogP contribution in [-0.4, -0.2) is 29.6 Å². The number of hydrogen-bond acceptors (Lipinski definition) is 3. The van der Waals surface area contributed by atoms with E-state index in [1.807, 2.05) is 0 Å². The Morgan fingerprint density at radius 2 is 2.46 bits per heavy atom. The van der Waals surface area contributed by atoms with Gasteiger partial charge in [-0.25, -0.2) is 4.79 Å². The maximum atomic E-state index is 10.7. The topological polar surface area (TPSA) is 78.4 Å². The zero-order valence-corrected chi connectivity index (χ0v) is 7.12. The Morgan fingerprint density at radius 3 is 3.00 bits per heavy atom. The number of carboxylic acid groups (broad SMARTS) is 1. The molecule has 0 aliphatic carbocycles. The van der Waals surface area contributed by atoms with Gasteiger partial charge in [0.15, 0.2) is 0 Å². The Labute approximate surface area is 75.8 Å². The second-order valence-corrected chi connectivity index (χ2v) is 2.88. The molecule has 1 aliphatic heterocycles. The van der Waals surface area contributed by atoms with E-state index in [1.54, 1.807) is 0 Å². The Hall–Kier alpha value is -1.52. The van der Waals surface area contributed by atoms with Crippen molar-refractivity contribution in [3.63, 3.8) is 0 Å². The van der Waals surface area contributed by atoms with E-state index in [1.165, 1.54) is 6.20 Å². The molecule has 13 heavy (non-hydrogen) atoms. The molecule has 1 fully saturated rings. The van der Waals surface area contributed by atoms with E-state index >= 15 is 0 Å². The van der Waals surface area contributed by atoms with Gasteiger partial charge >= 0.3 is 5.97 Å². The average Bonchev–Trinajstić information content (AvgIpc) is 2.08. The molecule has 0 aromatic rings. The monoisotopic (exact) mass is 184 g/mol. The number of hydrogen-bond donors (Lipinski definition) is 3. The Bertz CT molecular complexity index is 228. The highest BCUT2D eigenvalue weighted by molar-refractivity contribution is 5.79. The van der Waals surface area contributed by atoms with Crippen LogP contribution in [0.15, 0.2) is 12.3 Å². The fourth-order valence-corrected chi connectivity index (χ4v) is 1.13. The third kappa shape index (κ3) is 3.59. The first kappa shape index (κ1) is 9.57. The minimum atomic E-state index is -0.979. The molecule has 0 radical (unpaired) electrons. The predicted octanol–water partition coefficient (Wildman–Crippen LogP) is -0.547. The van der Waals surface area contributed by atoms with Crippen molar-refractivity contribution < 1.29 is 14.7 Å². The number of piperidine rings is 1. The van der Waals surface area contributed by atoms with Crippen LogP contribution < -0.4 is 10.6 Å². The van der Waals surface area contributed by atoms with Crippen molar-refractivity contribution in [2.75, 3.05) is 6.54 Å². The molecule has 0 bridgehead atoms. The normalized spacial score (nSPS) is 22.8. The van der Waals surface area contributed by atoms with E-state index < -0.39 is 5.97 Å². The predicted molar refractivity (Wildman–Crippen MR) is 45.9 cm³/mol. The fraction of sp³-hybridized carbons (Fsp3) is 0.500. The molecule has 0 aromatic carbocycles. The second-order valence-electron chi connectivity index (χ2n) is 2.88. The highest BCUT2D eigenvalue weighted by Gasteiger charge is 2.15. The summed E-state index contributed by atoms with van der Waals surface area (Å²) in [7, 11) is 0. The van der Waals surface area contributed by atoms with Crippen molar-refractivity contribution in [2.24, 2.45) is 0 Å². The van der Waals surface area contributed by atoms with E-state index in [9.17, 15) is 9.59 Å². The van der Waals surface area contributed by atoms with Crippen LogP contribution in [-0.2, 0) is 9.59 Å². The maximum absolute atomic E-state index is 10.7. The van der Waals surface area contributed by atoms with Crippen LogP contribution in [0.1, 0.15) is 12.8 Å². The number of rotatable bonds is 3. The number of nitrogens with one attached hydrogen (secondary N) is 2. The van der Waals surface area contributed by atoms with E-state index in [-0.39, 0.29) is 11.9 Å². The summed E-state index contributed by atoms with van der Waals surface area (Å²) in [5.41, 5.74) is 0. The molecular weight excluding hydrogens is 172 g/mol. The van der Waals surface area contributed by atoms with Gasteiger partial charge in [0.25, 0.3) is 0 Å². The average molecular weight is 184 g/mol. The van der Waals surface area contributed by atoms with Crippen LogP contribution in [0.25, 0.3) is 0 Å². The standard InChI is InChI=1S/C8H12N2O3/c11-7-2-1-6(5-10-7)9-4-3-8(12)13/h3-4,6,9H,1-2,5H2,(H,10,11)(H,12,13)/b4-3+. The van der Waals surface area contributed by atoms with Crippen LogP contribution in [0.5, 0.6) is 0 Å². The van der Waals surface area contributed by atoms with Gasteiger partial charge in [0.1, 0.15) is 0 Å². The molecule has 1 atom stereocenters. The highest BCUT2D eigenvalue weighted by atomic mass is 16.4. The minimum absolute atomic E-state index is 0.0558. The van der Waals surface area contributed by atoms with Gasteiger partial charge in [0, 0.05) is 31.3 Å². The molecule has 3 N–H and O–H groups in total. The molecule has 0 aromatic heterocycles. The summed E-state index contributed by atoms with van der Waals surface area (Å²) in [6.45, 7) is 0.558. The Balaban J connectivity index is 2.23. The molecule has 0 spiro atoms. The lowest BCUT2D eigenvalue weighted by Gasteiger charge is -2.22. The quantitative estimate of drug-likeness (QED) is 0.514. The lowest BCUT2D eigenvalue weighted by molar-refractivity contribution is -0.131. The number of carbonyl (C=O) groups excluding carboxylic acids is 1. The fourth-order valence-electron chi connectivity index (χ4n) is 1.13. The zero-order chi connectivity index (χ0) is 9.68. The summed E-state index contributed by atoms with van der Waals surface area (Å²) in [4.78, 5) is 20.8. The highest BCUT2D eigenvalue weighted by Crippen LogP contribution is 2.01. The van der Waals surface area contributed by atoms with Crippen molar-refractivity contribution in [1.82, 2.24) is 10.6 Å². The molecule has 1 aliphatic rings. The van der Waals surface area contributed by atoms with Gasteiger partial charge in [-0.2, -0.15) is 0 Å². The summed E-state index contributed by atoms with van der Waals surface area (Å²) >= 11 is 0. The summed E-state index contributed by atoms with van der Waals surface area (Å²) in [6.07, 6.45) is 3.68. The number of amides is 1. The summed E-state index contributed by atoms with van der Waals surface area (Å²) in [5, 5.41) is 13.9. The van der Waals surface area contributed by atoms with E-state index in [4.69, 9.17) is 5.11 Å². The van der Waals surface area contributed by atoms with Crippen molar-refractivity contribution in [3.05, 3.63) is 12.3 Å². The molecule has 72 valence electrons. The first-order chi connectivity index (χ1) is 6.18. The summed E-state index contributed by atoms with van der Waals surface area (Å²) in [5.74, 6) is -0.924. The minimum Gasteiger partial charge on any atom is -0.478 e. The van der Waals surface area contributed by atoms with Crippen molar-refractivity contribution >= 4 is 11.9 Å². The van der Waals surface area contributed by atoms with Crippen LogP contribution in [0, 0.1) is 0 Å². The summed E-state index contributed by atoms with van der Waals surface area (Å²) < 4.78 is 0. The van der Waals surface area contributed by atoms with Crippen molar-refractivity contribution in [3.8, 4) is 0 Å². The zero-order valence-electron chi connectivity index (χ0n) is 7.12. The lowest BCUT2D eigenvalue weighted by Crippen LogP contribution is -2.43. The molecule has 5 nitrogen and oxygen atoms in total. The maximum Gasteiger partial charge on any atom is 0.329 e. The largest absolute Gasteiger partial charge is 0.478 e. The van der Waals surface area contributed by atoms with Crippen molar-refractivity contribution in [1.29, 1.82) is 0 Å². The SMILES string of the molecule is O=C(O)/C=C/NC1CCC(=O)NC1. The van der Waals surface area contributed by atoms with Gasteiger partial charge in [-0.05, 0) is 6.42 Å². The third-order valence-corrected chi connectivity index (χ3v) is 1.82. The van der Waals surface area contributed by atoms with Gasteiger partial charge < -0.3 is 15.7 Å². The Kier molecular flexibility index (Phi) is 3.31.